The molecule has 0 atom stereocenters. The molecule has 22 heavy (non-hydrogen) atoms. The van der Waals surface area contributed by atoms with E-state index in [1.807, 2.05) is 30.5 Å². The summed E-state index contributed by atoms with van der Waals surface area (Å²) >= 11 is 1.64. The van der Waals surface area contributed by atoms with Crippen LogP contribution in [-0.2, 0) is 6.54 Å². The maximum atomic E-state index is 13.5. The summed E-state index contributed by atoms with van der Waals surface area (Å²) in [7, 11) is 1.61. The highest BCUT2D eigenvalue weighted by molar-refractivity contribution is 7.98. The topological polar surface area (TPSA) is 32.3 Å². The molecular weight excluding hydrogens is 306 g/mol. The molecule has 2 amide bonds. The molecule has 0 aliphatic heterocycles. The Morgan fingerprint density at radius 3 is 2.45 bits per heavy atom. The molecule has 1 N–H and O–H groups in total. The molecule has 0 radical (unpaired) electrons. The molecule has 0 aromatic heterocycles. The molecule has 0 aliphatic carbocycles. The average Bonchev–Trinajstić information content (AvgIpc) is 2.50. The Kier molecular flexibility index (Phi) is 5.38. The third-order valence-corrected chi connectivity index (χ3v) is 3.84. The number of hydrogen-bond donors (Lipinski definition) is 1. The van der Waals surface area contributed by atoms with Gasteiger partial charge in [0.1, 0.15) is 11.6 Å². The first-order valence-corrected chi connectivity index (χ1v) is 7.82. The summed E-state index contributed by atoms with van der Waals surface area (Å²) in [6.45, 7) is 0.392. The van der Waals surface area contributed by atoms with Crippen molar-refractivity contribution in [2.75, 3.05) is 18.6 Å². The van der Waals surface area contributed by atoms with Gasteiger partial charge in [0.2, 0.25) is 0 Å². The fourth-order valence-electron chi connectivity index (χ4n) is 1.88. The number of amides is 2. The van der Waals surface area contributed by atoms with Crippen LogP contribution in [0.3, 0.4) is 0 Å². The molecule has 0 unspecified atom stereocenters. The zero-order valence-electron chi connectivity index (χ0n) is 12.3. The minimum absolute atomic E-state index is 0.0454. The lowest BCUT2D eigenvalue weighted by atomic mass is 10.2. The molecule has 0 saturated heterocycles. The van der Waals surface area contributed by atoms with Crippen molar-refractivity contribution < 1.29 is 13.6 Å². The molecular formula is C16H16F2N2OS. The van der Waals surface area contributed by atoms with Crippen LogP contribution in [0.2, 0.25) is 0 Å². The zero-order valence-corrected chi connectivity index (χ0v) is 13.1. The van der Waals surface area contributed by atoms with Crippen molar-refractivity contribution in [3.63, 3.8) is 0 Å². The van der Waals surface area contributed by atoms with E-state index in [2.05, 4.69) is 5.32 Å². The van der Waals surface area contributed by atoms with Gasteiger partial charge in [-0.3, -0.25) is 0 Å². The summed E-state index contributed by atoms with van der Waals surface area (Å²) in [6.07, 6.45) is 1.99. The Hall–Kier alpha value is -2.08. The smallest absolute Gasteiger partial charge is 0.321 e. The maximum absolute atomic E-state index is 13.5. The second kappa shape index (κ2) is 7.26. The molecule has 2 aromatic carbocycles. The molecule has 0 fully saturated rings. The van der Waals surface area contributed by atoms with Gasteiger partial charge in [-0.2, -0.15) is 0 Å². The first kappa shape index (κ1) is 16.3. The van der Waals surface area contributed by atoms with Crippen LogP contribution in [0.5, 0.6) is 0 Å². The number of carbonyl (C=O) groups is 1. The summed E-state index contributed by atoms with van der Waals surface area (Å²) in [6, 6.07) is 10.4. The van der Waals surface area contributed by atoms with Crippen LogP contribution in [0.1, 0.15) is 5.56 Å². The van der Waals surface area contributed by atoms with Crippen LogP contribution in [0, 0.1) is 11.6 Å². The quantitative estimate of drug-likeness (QED) is 0.849. The van der Waals surface area contributed by atoms with Crippen LogP contribution < -0.4 is 5.32 Å². The molecule has 3 nitrogen and oxygen atoms in total. The number of thioether (sulfide) groups is 1. The van der Waals surface area contributed by atoms with Crippen LogP contribution >= 0.6 is 11.8 Å². The summed E-state index contributed by atoms with van der Waals surface area (Å²) in [4.78, 5) is 14.6. The molecule has 2 aromatic rings. The normalized spacial score (nSPS) is 10.4. The lowest BCUT2D eigenvalue weighted by molar-refractivity contribution is 0.220. The van der Waals surface area contributed by atoms with E-state index in [0.717, 1.165) is 22.6 Å². The number of benzene rings is 2. The number of rotatable bonds is 4. The van der Waals surface area contributed by atoms with Gasteiger partial charge in [0.15, 0.2) is 0 Å². The lowest BCUT2D eigenvalue weighted by Gasteiger charge is -2.18. The fraction of sp³-hybridized carbons (Fsp3) is 0.188. The summed E-state index contributed by atoms with van der Waals surface area (Å²) in [5.74, 6) is -1.48. The predicted molar refractivity (Wildman–Crippen MR) is 85.1 cm³/mol. The molecule has 116 valence electrons. The third kappa shape index (κ3) is 4.21. The Balaban J connectivity index is 1.99. The minimum atomic E-state index is -0.800. The van der Waals surface area contributed by atoms with E-state index < -0.39 is 17.7 Å². The van der Waals surface area contributed by atoms with E-state index in [9.17, 15) is 13.6 Å². The standard InChI is InChI=1S/C16H16F2N2OS/c1-20(10-11-3-6-13(22-2)7-4-11)16(21)19-15-8-5-12(17)9-14(15)18/h3-9H,10H2,1-2H3,(H,19,21). The lowest BCUT2D eigenvalue weighted by Crippen LogP contribution is -2.31. The van der Waals surface area contributed by atoms with Gasteiger partial charge >= 0.3 is 6.03 Å². The van der Waals surface area contributed by atoms with Crippen LogP contribution in [0.15, 0.2) is 47.4 Å². The Labute approximate surface area is 132 Å². The largest absolute Gasteiger partial charge is 0.323 e. The van der Waals surface area contributed by atoms with Crippen molar-refractivity contribution in [1.82, 2.24) is 4.90 Å². The highest BCUT2D eigenvalue weighted by Crippen LogP contribution is 2.17. The van der Waals surface area contributed by atoms with Crippen LogP contribution in [0.25, 0.3) is 0 Å². The fourth-order valence-corrected chi connectivity index (χ4v) is 2.29. The Bertz CT molecular complexity index is 662. The Morgan fingerprint density at radius 1 is 1.18 bits per heavy atom. The summed E-state index contributed by atoms with van der Waals surface area (Å²) in [5, 5.41) is 2.42. The van der Waals surface area contributed by atoms with Crippen molar-refractivity contribution in [2.45, 2.75) is 11.4 Å². The van der Waals surface area contributed by atoms with E-state index >= 15 is 0 Å². The second-order valence-corrected chi connectivity index (χ2v) is 5.64. The molecule has 0 saturated carbocycles. The number of nitrogens with one attached hydrogen (secondary N) is 1. The maximum Gasteiger partial charge on any atom is 0.321 e. The van der Waals surface area contributed by atoms with Gasteiger partial charge < -0.3 is 10.2 Å². The summed E-state index contributed by atoms with van der Waals surface area (Å²) < 4.78 is 26.3. The van der Waals surface area contributed by atoms with E-state index in [1.165, 1.54) is 11.0 Å². The van der Waals surface area contributed by atoms with Crippen molar-refractivity contribution in [2.24, 2.45) is 0 Å². The molecule has 6 heteroatoms. The van der Waals surface area contributed by atoms with E-state index in [0.29, 0.717) is 6.54 Å². The van der Waals surface area contributed by atoms with Gasteiger partial charge in [0.05, 0.1) is 5.69 Å². The minimum Gasteiger partial charge on any atom is -0.323 e. The van der Waals surface area contributed by atoms with Crippen molar-refractivity contribution >= 4 is 23.5 Å². The van der Waals surface area contributed by atoms with E-state index in [1.54, 1.807) is 18.8 Å². The number of anilines is 1. The van der Waals surface area contributed by atoms with E-state index in [4.69, 9.17) is 0 Å². The van der Waals surface area contributed by atoms with Crippen molar-refractivity contribution in [3.05, 3.63) is 59.7 Å². The number of carbonyl (C=O) groups excluding carboxylic acids is 1. The van der Waals surface area contributed by atoms with Gasteiger partial charge in [-0.05, 0) is 36.1 Å². The number of halogens is 2. The Morgan fingerprint density at radius 2 is 1.86 bits per heavy atom. The average molecular weight is 322 g/mol. The highest BCUT2D eigenvalue weighted by Gasteiger charge is 2.12. The number of nitrogens with zero attached hydrogens (tertiary/aromatic N) is 1. The van der Waals surface area contributed by atoms with E-state index in [-0.39, 0.29) is 5.69 Å². The first-order chi connectivity index (χ1) is 10.5. The van der Waals surface area contributed by atoms with Gasteiger partial charge in [0, 0.05) is 24.6 Å². The van der Waals surface area contributed by atoms with Gasteiger partial charge in [-0.1, -0.05) is 12.1 Å². The second-order valence-electron chi connectivity index (χ2n) is 4.76. The number of urea groups is 1. The zero-order chi connectivity index (χ0) is 16.1. The highest BCUT2D eigenvalue weighted by atomic mass is 32.2. The third-order valence-electron chi connectivity index (χ3n) is 3.10. The first-order valence-electron chi connectivity index (χ1n) is 6.59. The molecule has 2 rings (SSSR count). The molecule has 0 bridgehead atoms. The SMILES string of the molecule is CSc1ccc(CN(C)C(=O)Nc2ccc(F)cc2F)cc1. The molecule has 0 spiro atoms. The molecule has 0 heterocycles. The van der Waals surface area contributed by atoms with Gasteiger partial charge in [0.25, 0.3) is 0 Å². The predicted octanol–water partition coefficient (Wildman–Crippen LogP) is 4.35. The van der Waals surface area contributed by atoms with Crippen molar-refractivity contribution in [3.8, 4) is 0 Å². The molecule has 0 aliphatic rings. The van der Waals surface area contributed by atoms with Gasteiger partial charge in [-0.25, -0.2) is 13.6 Å². The van der Waals surface area contributed by atoms with Crippen molar-refractivity contribution in [1.29, 1.82) is 0 Å². The van der Waals surface area contributed by atoms with Crippen LogP contribution in [-0.4, -0.2) is 24.2 Å². The van der Waals surface area contributed by atoms with Gasteiger partial charge in [-0.15, -0.1) is 11.8 Å². The van der Waals surface area contributed by atoms with Crippen LogP contribution in [0.4, 0.5) is 19.3 Å². The monoisotopic (exact) mass is 322 g/mol. The summed E-state index contributed by atoms with van der Waals surface area (Å²) in [5.41, 5.74) is 0.922. The number of hydrogen-bond acceptors (Lipinski definition) is 2.